The van der Waals surface area contributed by atoms with E-state index in [-0.39, 0.29) is 5.91 Å². The summed E-state index contributed by atoms with van der Waals surface area (Å²) in [4.78, 5) is 21.5. The van der Waals surface area contributed by atoms with Gasteiger partial charge in [0.15, 0.2) is 5.13 Å². The second-order valence-electron chi connectivity index (χ2n) is 6.52. The van der Waals surface area contributed by atoms with E-state index in [0.717, 1.165) is 33.3 Å². The van der Waals surface area contributed by atoms with E-state index in [1.165, 1.54) is 24.2 Å². The van der Waals surface area contributed by atoms with Gasteiger partial charge in [-0.15, -0.1) is 22.7 Å². The zero-order valence-corrected chi connectivity index (χ0v) is 16.1. The SMILES string of the molecule is Cc1nc(-c2cc(C)n(CC(=O)Nc3nc(C4CC4)cs3)c2C)cs1. The van der Waals surface area contributed by atoms with Crippen molar-refractivity contribution in [2.24, 2.45) is 0 Å². The van der Waals surface area contributed by atoms with Crippen LogP contribution in [0.5, 0.6) is 0 Å². The lowest BCUT2D eigenvalue weighted by molar-refractivity contribution is -0.116. The predicted molar refractivity (Wildman–Crippen MR) is 102 cm³/mol. The highest BCUT2D eigenvalue weighted by Crippen LogP contribution is 2.40. The topological polar surface area (TPSA) is 59.8 Å². The maximum Gasteiger partial charge on any atom is 0.246 e. The average molecular weight is 373 g/mol. The van der Waals surface area contributed by atoms with Gasteiger partial charge in [-0.2, -0.15) is 0 Å². The van der Waals surface area contributed by atoms with E-state index in [0.29, 0.717) is 17.6 Å². The molecule has 1 amide bonds. The molecule has 7 heteroatoms. The number of carbonyl (C=O) groups excluding carboxylic acids is 1. The standard InChI is InChI=1S/C18H20N4OS2/c1-10-6-14(16-9-24-12(3)19-16)11(2)22(10)7-17(23)21-18-20-15(8-25-18)13-4-5-13/h6,8-9,13H,4-5,7H2,1-3H3,(H,20,21,23). The van der Waals surface area contributed by atoms with Gasteiger partial charge in [0.25, 0.3) is 0 Å². The van der Waals surface area contributed by atoms with Crippen molar-refractivity contribution in [3.63, 3.8) is 0 Å². The molecule has 0 saturated heterocycles. The Morgan fingerprint density at radius 3 is 2.72 bits per heavy atom. The minimum absolute atomic E-state index is 0.0421. The summed E-state index contributed by atoms with van der Waals surface area (Å²) in [5.74, 6) is 0.569. The molecule has 0 radical (unpaired) electrons. The molecule has 0 aromatic carbocycles. The van der Waals surface area contributed by atoms with Gasteiger partial charge in [0.05, 0.1) is 16.4 Å². The number of thiazole rings is 2. The molecule has 1 aliphatic rings. The van der Waals surface area contributed by atoms with Crippen molar-refractivity contribution >= 4 is 33.7 Å². The monoisotopic (exact) mass is 372 g/mol. The molecule has 0 bridgehead atoms. The molecule has 0 spiro atoms. The van der Waals surface area contributed by atoms with Crippen LogP contribution < -0.4 is 5.32 Å². The molecule has 130 valence electrons. The molecule has 0 unspecified atom stereocenters. The summed E-state index contributed by atoms with van der Waals surface area (Å²) in [5.41, 5.74) is 5.33. The third-order valence-electron chi connectivity index (χ3n) is 4.53. The molecule has 4 rings (SSSR count). The highest BCUT2D eigenvalue weighted by atomic mass is 32.1. The summed E-state index contributed by atoms with van der Waals surface area (Å²) in [6, 6.07) is 2.10. The number of anilines is 1. The Morgan fingerprint density at radius 1 is 1.24 bits per heavy atom. The third kappa shape index (κ3) is 3.39. The van der Waals surface area contributed by atoms with Crippen molar-refractivity contribution in [2.45, 2.75) is 46.1 Å². The van der Waals surface area contributed by atoms with Crippen molar-refractivity contribution in [3.8, 4) is 11.3 Å². The van der Waals surface area contributed by atoms with Crippen molar-refractivity contribution in [2.75, 3.05) is 5.32 Å². The largest absolute Gasteiger partial charge is 0.339 e. The number of hydrogen-bond donors (Lipinski definition) is 1. The number of nitrogens with one attached hydrogen (secondary N) is 1. The Kier molecular flexibility index (Phi) is 4.21. The van der Waals surface area contributed by atoms with Gasteiger partial charge in [0.1, 0.15) is 6.54 Å². The van der Waals surface area contributed by atoms with Crippen LogP contribution >= 0.6 is 22.7 Å². The lowest BCUT2D eigenvalue weighted by Crippen LogP contribution is -2.20. The molecular formula is C18H20N4OS2. The first-order valence-corrected chi connectivity index (χ1v) is 10.1. The maximum atomic E-state index is 12.5. The van der Waals surface area contributed by atoms with Crippen LogP contribution in [0.2, 0.25) is 0 Å². The highest BCUT2D eigenvalue weighted by Gasteiger charge is 2.26. The average Bonchev–Trinajstić information content (AvgIpc) is 3.07. The molecule has 0 aliphatic heterocycles. The first-order chi connectivity index (χ1) is 12.0. The molecule has 3 aromatic rings. The van der Waals surface area contributed by atoms with Gasteiger partial charge in [0.2, 0.25) is 5.91 Å². The minimum Gasteiger partial charge on any atom is -0.339 e. The number of aryl methyl sites for hydroxylation is 2. The normalized spacial score (nSPS) is 14.0. The van der Waals surface area contributed by atoms with E-state index in [4.69, 9.17) is 0 Å². The van der Waals surface area contributed by atoms with Gasteiger partial charge in [0, 0.05) is 33.6 Å². The fourth-order valence-corrected chi connectivity index (χ4v) is 4.42. The number of aromatic nitrogens is 3. The summed E-state index contributed by atoms with van der Waals surface area (Å²) >= 11 is 3.15. The number of nitrogens with zero attached hydrogens (tertiary/aromatic N) is 3. The number of amides is 1. The second kappa shape index (κ2) is 6.38. The van der Waals surface area contributed by atoms with Crippen LogP contribution in [0.4, 0.5) is 5.13 Å². The van der Waals surface area contributed by atoms with Crippen LogP contribution in [0.3, 0.4) is 0 Å². The predicted octanol–water partition coefficient (Wildman–Crippen LogP) is 4.51. The Hall–Kier alpha value is -1.99. The van der Waals surface area contributed by atoms with E-state index in [1.54, 1.807) is 11.3 Å². The molecule has 1 fully saturated rings. The number of carbonyl (C=O) groups is 1. The Balaban J connectivity index is 1.49. The van der Waals surface area contributed by atoms with Crippen LogP contribution in [-0.2, 0) is 11.3 Å². The lowest BCUT2D eigenvalue weighted by atomic mass is 10.2. The van der Waals surface area contributed by atoms with Crippen molar-refractivity contribution < 1.29 is 4.79 Å². The molecule has 5 nitrogen and oxygen atoms in total. The zero-order chi connectivity index (χ0) is 17.6. The first-order valence-electron chi connectivity index (χ1n) is 8.36. The smallest absolute Gasteiger partial charge is 0.246 e. The maximum absolute atomic E-state index is 12.5. The van der Waals surface area contributed by atoms with Crippen LogP contribution in [0, 0.1) is 20.8 Å². The molecule has 1 saturated carbocycles. The fourth-order valence-electron chi connectivity index (χ4n) is 3.00. The summed E-state index contributed by atoms with van der Waals surface area (Å²) in [6.45, 7) is 6.36. The van der Waals surface area contributed by atoms with E-state index in [2.05, 4.69) is 32.1 Å². The van der Waals surface area contributed by atoms with E-state index in [1.807, 2.05) is 25.3 Å². The molecule has 3 aromatic heterocycles. The Bertz CT molecular complexity index is 933. The fraction of sp³-hybridized carbons (Fsp3) is 0.389. The quantitative estimate of drug-likeness (QED) is 0.717. The molecule has 25 heavy (non-hydrogen) atoms. The van der Waals surface area contributed by atoms with Crippen LogP contribution in [-0.4, -0.2) is 20.4 Å². The lowest BCUT2D eigenvalue weighted by Gasteiger charge is -2.09. The van der Waals surface area contributed by atoms with Gasteiger partial charge in [-0.05, 0) is 39.7 Å². The number of hydrogen-bond acceptors (Lipinski definition) is 5. The molecule has 1 aliphatic carbocycles. The van der Waals surface area contributed by atoms with Crippen LogP contribution in [0.25, 0.3) is 11.3 Å². The van der Waals surface area contributed by atoms with Gasteiger partial charge in [-0.25, -0.2) is 9.97 Å². The van der Waals surface area contributed by atoms with Crippen molar-refractivity contribution in [3.05, 3.63) is 38.9 Å². The first kappa shape index (κ1) is 16.5. The van der Waals surface area contributed by atoms with Crippen molar-refractivity contribution in [1.29, 1.82) is 0 Å². The Morgan fingerprint density at radius 2 is 2.04 bits per heavy atom. The highest BCUT2D eigenvalue weighted by molar-refractivity contribution is 7.14. The Labute approximate surface area is 154 Å². The minimum atomic E-state index is -0.0421. The second-order valence-corrected chi connectivity index (χ2v) is 8.44. The summed E-state index contributed by atoms with van der Waals surface area (Å²) in [6.07, 6.45) is 2.44. The van der Waals surface area contributed by atoms with Crippen LogP contribution in [0.1, 0.15) is 40.8 Å². The molecule has 1 N–H and O–H groups in total. The molecular weight excluding hydrogens is 352 g/mol. The van der Waals surface area contributed by atoms with Gasteiger partial charge in [-0.1, -0.05) is 0 Å². The number of rotatable bonds is 5. The van der Waals surface area contributed by atoms with E-state index in [9.17, 15) is 4.79 Å². The summed E-state index contributed by atoms with van der Waals surface area (Å²) in [5, 5.41) is 8.81. The summed E-state index contributed by atoms with van der Waals surface area (Å²) in [7, 11) is 0. The molecule has 3 heterocycles. The van der Waals surface area contributed by atoms with E-state index >= 15 is 0 Å². The summed E-state index contributed by atoms with van der Waals surface area (Å²) < 4.78 is 2.04. The molecule has 0 atom stereocenters. The van der Waals surface area contributed by atoms with Gasteiger partial charge < -0.3 is 9.88 Å². The van der Waals surface area contributed by atoms with Gasteiger partial charge in [-0.3, -0.25) is 4.79 Å². The zero-order valence-electron chi connectivity index (χ0n) is 14.5. The third-order valence-corrected chi connectivity index (χ3v) is 6.08. The van der Waals surface area contributed by atoms with E-state index < -0.39 is 0 Å². The van der Waals surface area contributed by atoms with Crippen molar-refractivity contribution in [1.82, 2.24) is 14.5 Å². The van der Waals surface area contributed by atoms with Gasteiger partial charge >= 0.3 is 0 Å². The van der Waals surface area contributed by atoms with Crippen LogP contribution in [0.15, 0.2) is 16.8 Å².